The maximum absolute atomic E-state index is 13.9. The summed E-state index contributed by atoms with van der Waals surface area (Å²) in [5.41, 5.74) is 1.26. The topological polar surface area (TPSA) is 35.6 Å². The average molecular weight is 377 g/mol. The number of hydrogen-bond acceptors (Lipinski definition) is 2. The molecule has 1 saturated heterocycles. The lowest BCUT2D eigenvalue weighted by Crippen LogP contribution is -2.52. The van der Waals surface area contributed by atoms with Crippen molar-refractivity contribution in [2.75, 3.05) is 37.6 Å². The Hall–Kier alpha value is -2.70. The highest BCUT2D eigenvalue weighted by molar-refractivity contribution is 5.74. The van der Waals surface area contributed by atoms with Crippen LogP contribution in [0.15, 0.2) is 42.5 Å². The van der Waals surface area contributed by atoms with E-state index in [1.165, 1.54) is 11.6 Å². The second-order valence-corrected chi connectivity index (χ2v) is 6.49. The normalized spacial score (nSPS) is 14.3. The lowest BCUT2D eigenvalue weighted by Gasteiger charge is -2.36. The Bertz CT molecular complexity index is 778. The van der Waals surface area contributed by atoms with Crippen LogP contribution >= 0.6 is 0 Å². The monoisotopic (exact) mass is 377 g/mol. The molecular formula is C20H22F3N3O. The van der Waals surface area contributed by atoms with Gasteiger partial charge in [-0.25, -0.2) is 18.0 Å². The maximum atomic E-state index is 13.9. The first-order valence-corrected chi connectivity index (χ1v) is 9.01. The molecule has 0 radical (unpaired) electrons. The van der Waals surface area contributed by atoms with E-state index in [2.05, 4.69) is 17.4 Å². The van der Waals surface area contributed by atoms with Crippen LogP contribution in [0.4, 0.5) is 23.7 Å². The van der Waals surface area contributed by atoms with Crippen LogP contribution < -0.4 is 10.2 Å². The first-order valence-electron chi connectivity index (χ1n) is 9.01. The molecule has 144 valence electrons. The van der Waals surface area contributed by atoms with Gasteiger partial charge < -0.3 is 15.1 Å². The number of piperazine rings is 1. The van der Waals surface area contributed by atoms with E-state index in [-0.39, 0.29) is 11.7 Å². The summed E-state index contributed by atoms with van der Waals surface area (Å²) in [4.78, 5) is 15.5. The highest BCUT2D eigenvalue weighted by Crippen LogP contribution is 2.24. The third kappa shape index (κ3) is 4.72. The molecule has 0 unspecified atom stereocenters. The van der Waals surface area contributed by atoms with Crippen LogP contribution in [-0.4, -0.2) is 43.7 Å². The minimum atomic E-state index is -1.47. The third-order valence-electron chi connectivity index (χ3n) is 4.68. The van der Waals surface area contributed by atoms with E-state index in [9.17, 15) is 18.0 Å². The Morgan fingerprint density at radius 3 is 2.33 bits per heavy atom. The first kappa shape index (κ1) is 19.1. The van der Waals surface area contributed by atoms with Crippen LogP contribution in [-0.2, 0) is 6.42 Å². The van der Waals surface area contributed by atoms with Gasteiger partial charge in [0.25, 0.3) is 0 Å². The fourth-order valence-electron chi connectivity index (χ4n) is 3.15. The van der Waals surface area contributed by atoms with Gasteiger partial charge in [-0.05, 0) is 30.5 Å². The molecule has 27 heavy (non-hydrogen) atoms. The third-order valence-corrected chi connectivity index (χ3v) is 4.68. The minimum absolute atomic E-state index is 0.0248. The summed E-state index contributed by atoms with van der Waals surface area (Å²) in [7, 11) is 0. The Balaban J connectivity index is 1.43. The number of benzene rings is 2. The first-order chi connectivity index (χ1) is 13.1. The van der Waals surface area contributed by atoms with Gasteiger partial charge in [0, 0.05) is 32.7 Å². The van der Waals surface area contributed by atoms with Crippen molar-refractivity contribution in [3.8, 4) is 0 Å². The van der Waals surface area contributed by atoms with Crippen LogP contribution in [0, 0.1) is 17.5 Å². The van der Waals surface area contributed by atoms with Crippen LogP contribution in [0.5, 0.6) is 0 Å². The zero-order valence-electron chi connectivity index (χ0n) is 14.9. The van der Waals surface area contributed by atoms with Gasteiger partial charge in [-0.15, -0.1) is 0 Å². The van der Waals surface area contributed by atoms with Gasteiger partial charge in [0.15, 0.2) is 17.5 Å². The zero-order chi connectivity index (χ0) is 19.2. The molecule has 0 aromatic heterocycles. The van der Waals surface area contributed by atoms with Gasteiger partial charge in [0.05, 0.1) is 5.69 Å². The van der Waals surface area contributed by atoms with E-state index in [0.717, 1.165) is 18.9 Å². The van der Waals surface area contributed by atoms with Crippen LogP contribution in [0.25, 0.3) is 0 Å². The molecule has 0 spiro atoms. The van der Waals surface area contributed by atoms with E-state index in [1.54, 1.807) is 9.80 Å². The molecule has 0 saturated carbocycles. The quantitative estimate of drug-likeness (QED) is 0.639. The van der Waals surface area contributed by atoms with Crippen LogP contribution in [0.1, 0.15) is 12.0 Å². The van der Waals surface area contributed by atoms with Crippen molar-refractivity contribution in [2.24, 2.45) is 0 Å². The average Bonchev–Trinajstić information content (AvgIpc) is 2.70. The molecule has 1 heterocycles. The molecular weight excluding hydrogens is 355 g/mol. The standard InChI is InChI=1S/C20H22F3N3O/c21-16-8-9-17(19(23)18(16)22)25-11-13-26(14-12-25)20(27)24-10-4-7-15-5-2-1-3-6-15/h1-3,5-6,8-9H,4,7,10-14H2,(H,24,27). The van der Waals surface area contributed by atoms with E-state index >= 15 is 0 Å². The Labute approximate surface area is 156 Å². The largest absolute Gasteiger partial charge is 0.366 e. The fourth-order valence-corrected chi connectivity index (χ4v) is 3.15. The number of carbonyl (C=O) groups is 1. The Morgan fingerprint density at radius 1 is 0.926 bits per heavy atom. The number of halogens is 3. The van der Waals surface area contributed by atoms with Crippen molar-refractivity contribution >= 4 is 11.7 Å². The number of rotatable bonds is 5. The number of nitrogens with zero attached hydrogens (tertiary/aromatic N) is 2. The fraction of sp³-hybridized carbons (Fsp3) is 0.350. The number of nitrogens with one attached hydrogen (secondary N) is 1. The van der Waals surface area contributed by atoms with Crippen molar-refractivity contribution in [1.82, 2.24) is 10.2 Å². The molecule has 2 aromatic rings. The van der Waals surface area contributed by atoms with Crippen LogP contribution in [0.3, 0.4) is 0 Å². The summed E-state index contributed by atoms with van der Waals surface area (Å²) >= 11 is 0. The molecule has 1 fully saturated rings. The summed E-state index contributed by atoms with van der Waals surface area (Å²) in [5, 5.41) is 2.89. The number of carbonyl (C=O) groups excluding carboxylic acids is 1. The molecule has 2 amide bonds. The molecule has 0 atom stereocenters. The van der Waals surface area contributed by atoms with Gasteiger partial charge in [-0.1, -0.05) is 30.3 Å². The molecule has 1 aliphatic heterocycles. The molecule has 1 aliphatic rings. The van der Waals surface area contributed by atoms with E-state index in [1.807, 2.05) is 18.2 Å². The second-order valence-electron chi connectivity index (χ2n) is 6.49. The summed E-state index contributed by atoms with van der Waals surface area (Å²) < 4.78 is 40.4. The van der Waals surface area contributed by atoms with Gasteiger partial charge in [0.2, 0.25) is 0 Å². The maximum Gasteiger partial charge on any atom is 0.317 e. The number of urea groups is 1. The number of hydrogen-bond donors (Lipinski definition) is 1. The van der Waals surface area contributed by atoms with Crippen molar-refractivity contribution in [1.29, 1.82) is 0 Å². The van der Waals surface area contributed by atoms with Crippen molar-refractivity contribution in [3.05, 3.63) is 65.5 Å². The summed E-state index contributed by atoms with van der Waals surface area (Å²) in [6, 6.07) is 12.0. The molecule has 1 N–H and O–H groups in total. The molecule has 0 aliphatic carbocycles. The molecule has 4 nitrogen and oxygen atoms in total. The van der Waals surface area contributed by atoms with E-state index in [0.29, 0.717) is 32.7 Å². The summed E-state index contributed by atoms with van der Waals surface area (Å²) in [6.07, 6.45) is 1.74. The highest BCUT2D eigenvalue weighted by atomic mass is 19.2. The number of amides is 2. The zero-order valence-corrected chi connectivity index (χ0v) is 14.9. The van der Waals surface area contributed by atoms with Crippen molar-refractivity contribution in [3.63, 3.8) is 0 Å². The number of aryl methyl sites for hydroxylation is 1. The van der Waals surface area contributed by atoms with Gasteiger partial charge in [-0.3, -0.25) is 0 Å². The molecule has 7 heteroatoms. The highest BCUT2D eigenvalue weighted by Gasteiger charge is 2.24. The predicted octanol–water partition coefficient (Wildman–Crippen LogP) is 3.57. The van der Waals surface area contributed by atoms with Crippen molar-refractivity contribution in [2.45, 2.75) is 12.8 Å². The summed E-state index contributed by atoms with van der Waals surface area (Å²) in [5.74, 6) is -3.86. The summed E-state index contributed by atoms with van der Waals surface area (Å²) in [6.45, 7) is 2.08. The molecule has 0 bridgehead atoms. The smallest absolute Gasteiger partial charge is 0.317 e. The van der Waals surface area contributed by atoms with Crippen LogP contribution in [0.2, 0.25) is 0 Å². The molecule has 3 rings (SSSR count). The number of anilines is 1. The lowest BCUT2D eigenvalue weighted by molar-refractivity contribution is 0.194. The second kappa shape index (κ2) is 8.79. The van der Waals surface area contributed by atoms with E-state index in [4.69, 9.17) is 0 Å². The SMILES string of the molecule is O=C(NCCCc1ccccc1)N1CCN(c2ccc(F)c(F)c2F)CC1. The predicted molar refractivity (Wildman–Crippen MR) is 98.3 cm³/mol. The lowest BCUT2D eigenvalue weighted by atomic mass is 10.1. The Kier molecular flexibility index (Phi) is 6.21. The Morgan fingerprint density at radius 2 is 1.63 bits per heavy atom. The molecule has 2 aromatic carbocycles. The van der Waals surface area contributed by atoms with Crippen molar-refractivity contribution < 1.29 is 18.0 Å². The van der Waals surface area contributed by atoms with E-state index < -0.39 is 17.5 Å². The van der Waals surface area contributed by atoms with Gasteiger partial charge in [0.1, 0.15) is 0 Å². The van der Waals surface area contributed by atoms with Gasteiger partial charge >= 0.3 is 6.03 Å². The van der Waals surface area contributed by atoms with Gasteiger partial charge in [-0.2, -0.15) is 0 Å². The minimum Gasteiger partial charge on any atom is -0.366 e.